The van der Waals surface area contributed by atoms with Crippen LogP contribution in [-0.4, -0.2) is 46.5 Å². The Kier molecular flexibility index (Phi) is 5.93. The number of carbonyl (C=O) groups excluding carboxylic acids is 1. The first-order valence-electron chi connectivity index (χ1n) is 9.19. The van der Waals surface area contributed by atoms with Gasteiger partial charge in [-0.2, -0.15) is 18.3 Å². The Balaban J connectivity index is 1.64. The lowest BCUT2D eigenvalue weighted by molar-refractivity contribution is -0.197. The second-order valence-electron chi connectivity index (χ2n) is 7.07. The number of likely N-dealkylation sites (tertiary alicyclic amines) is 1. The molecule has 1 fully saturated rings. The molecule has 2 unspecified atom stereocenters. The van der Waals surface area contributed by atoms with Crippen molar-refractivity contribution < 1.29 is 18.0 Å². The van der Waals surface area contributed by atoms with Crippen molar-refractivity contribution in [3.8, 4) is 5.69 Å². The van der Waals surface area contributed by atoms with Gasteiger partial charge in [-0.25, -0.2) is 9.48 Å². The zero-order valence-electron chi connectivity index (χ0n) is 15.6. The van der Waals surface area contributed by atoms with Gasteiger partial charge in [0.05, 0.1) is 17.3 Å². The van der Waals surface area contributed by atoms with E-state index in [1.165, 1.54) is 4.90 Å². The third kappa shape index (κ3) is 4.46. The standard InChI is InChI=1S/C19H24F3N5O/c1-13-6-9-27(25-13)17-5-3-2-4-14(17)11-24-18(28)26-8-7-16(19(20,21)22)15(10-23)12-26/h2-6,9,15-16H,7-8,10-12,23H2,1H3,(H,24,28). The summed E-state index contributed by atoms with van der Waals surface area (Å²) in [7, 11) is 0. The van der Waals surface area contributed by atoms with Gasteiger partial charge in [0.25, 0.3) is 0 Å². The lowest BCUT2D eigenvalue weighted by atomic mass is 9.85. The van der Waals surface area contributed by atoms with Gasteiger partial charge in [0.1, 0.15) is 0 Å². The van der Waals surface area contributed by atoms with Gasteiger partial charge in [-0.3, -0.25) is 0 Å². The second kappa shape index (κ2) is 8.22. The molecule has 2 atom stereocenters. The van der Waals surface area contributed by atoms with Crippen molar-refractivity contribution in [2.24, 2.45) is 17.6 Å². The molecule has 0 saturated carbocycles. The minimum atomic E-state index is -4.28. The van der Waals surface area contributed by atoms with E-state index in [1.807, 2.05) is 43.5 Å². The molecule has 3 rings (SSSR count). The van der Waals surface area contributed by atoms with E-state index >= 15 is 0 Å². The van der Waals surface area contributed by atoms with Gasteiger partial charge < -0.3 is 16.0 Å². The van der Waals surface area contributed by atoms with Gasteiger partial charge in [-0.05, 0) is 37.6 Å². The number of benzene rings is 1. The van der Waals surface area contributed by atoms with Crippen LogP contribution in [0.4, 0.5) is 18.0 Å². The maximum atomic E-state index is 13.1. The molecule has 0 radical (unpaired) electrons. The number of nitrogens with two attached hydrogens (primary N) is 1. The fourth-order valence-electron chi connectivity index (χ4n) is 3.60. The molecule has 1 saturated heterocycles. The molecule has 2 heterocycles. The van der Waals surface area contributed by atoms with Crippen LogP contribution in [0.25, 0.3) is 5.69 Å². The van der Waals surface area contributed by atoms with E-state index in [2.05, 4.69) is 10.4 Å². The molecule has 28 heavy (non-hydrogen) atoms. The number of hydrogen-bond donors (Lipinski definition) is 2. The fourth-order valence-corrected chi connectivity index (χ4v) is 3.60. The van der Waals surface area contributed by atoms with Crippen LogP contribution in [0.15, 0.2) is 36.5 Å². The third-order valence-corrected chi connectivity index (χ3v) is 5.14. The Morgan fingerprint density at radius 1 is 1.32 bits per heavy atom. The summed E-state index contributed by atoms with van der Waals surface area (Å²) in [6, 6.07) is 9.02. The summed E-state index contributed by atoms with van der Waals surface area (Å²) < 4.78 is 41.0. The number of piperidine rings is 1. The lowest BCUT2D eigenvalue weighted by Crippen LogP contribution is -2.52. The summed E-state index contributed by atoms with van der Waals surface area (Å²) >= 11 is 0. The van der Waals surface area contributed by atoms with Crippen molar-refractivity contribution in [3.63, 3.8) is 0 Å². The average molecular weight is 395 g/mol. The van der Waals surface area contributed by atoms with E-state index in [-0.39, 0.29) is 38.6 Å². The SMILES string of the molecule is Cc1ccn(-c2ccccc2CNC(=O)N2CCC(C(F)(F)F)C(CN)C2)n1. The summed E-state index contributed by atoms with van der Waals surface area (Å²) in [5.74, 6) is -2.23. The molecule has 0 aliphatic carbocycles. The number of aryl methyl sites for hydroxylation is 1. The van der Waals surface area contributed by atoms with E-state index < -0.39 is 18.0 Å². The van der Waals surface area contributed by atoms with Gasteiger partial charge in [-0.15, -0.1) is 0 Å². The number of nitrogens with one attached hydrogen (secondary N) is 1. The summed E-state index contributed by atoms with van der Waals surface area (Å²) in [5, 5.41) is 7.19. The Labute approximate surface area is 161 Å². The molecule has 2 amide bonds. The van der Waals surface area contributed by atoms with E-state index in [1.54, 1.807) is 4.68 Å². The lowest BCUT2D eigenvalue weighted by Gasteiger charge is -2.38. The molecule has 1 aliphatic rings. The number of nitrogens with zero attached hydrogens (tertiary/aromatic N) is 3. The number of hydrogen-bond acceptors (Lipinski definition) is 3. The molecule has 3 N–H and O–H groups in total. The predicted molar refractivity (Wildman–Crippen MR) is 98.8 cm³/mol. The normalized spacial score (nSPS) is 20.2. The summed E-state index contributed by atoms with van der Waals surface area (Å²) in [6.45, 7) is 2.11. The summed E-state index contributed by atoms with van der Waals surface area (Å²) in [4.78, 5) is 13.9. The zero-order chi connectivity index (χ0) is 20.3. The highest BCUT2D eigenvalue weighted by Crippen LogP contribution is 2.37. The van der Waals surface area contributed by atoms with Crippen LogP contribution in [0.2, 0.25) is 0 Å². The molecule has 152 valence electrons. The molecular formula is C19H24F3N5O. The highest BCUT2D eigenvalue weighted by Gasteiger charge is 2.47. The number of para-hydroxylation sites is 1. The van der Waals surface area contributed by atoms with Crippen molar-refractivity contribution in [1.29, 1.82) is 0 Å². The largest absolute Gasteiger partial charge is 0.392 e. The topological polar surface area (TPSA) is 76.2 Å². The Hall–Kier alpha value is -2.55. The molecule has 1 aromatic heterocycles. The van der Waals surface area contributed by atoms with Crippen LogP contribution < -0.4 is 11.1 Å². The van der Waals surface area contributed by atoms with Crippen LogP contribution in [0, 0.1) is 18.8 Å². The van der Waals surface area contributed by atoms with Gasteiger partial charge in [0.15, 0.2) is 0 Å². The predicted octanol–water partition coefficient (Wildman–Crippen LogP) is 2.85. The first-order chi connectivity index (χ1) is 13.3. The van der Waals surface area contributed by atoms with Crippen molar-refractivity contribution >= 4 is 6.03 Å². The third-order valence-electron chi connectivity index (χ3n) is 5.14. The second-order valence-corrected chi connectivity index (χ2v) is 7.07. The van der Waals surface area contributed by atoms with E-state index in [0.29, 0.717) is 0 Å². The molecule has 0 bridgehead atoms. The van der Waals surface area contributed by atoms with E-state index in [9.17, 15) is 18.0 Å². The summed E-state index contributed by atoms with van der Waals surface area (Å²) in [5.41, 5.74) is 8.11. The number of amides is 2. The summed E-state index contributed by atoms with van der Waals surface area (Å²) in [6.07, 6.45) is -2.57. The molecule has 2 aromatic rings. The molecule has 0 spiro atoms. The molecule has 6 nitrogen and oxygen atoms in total. The highest BCUT2D eigenvalue weighted by atomic mass is 19.4. The molecule has 9 heteroatoms. The van der Waals surface area contributed by atoms with Crippen LogP contribution in [0.3, 0.4) is 0 Å². The van der Waals surface area contributed by atoms with Crippen LogP contribution in [0.5, 0.6) is 0 Å². The number of carbonyl (C=O) groups is 1. The quantitative estimate of drug-likeness (QED) is 0.836. The first kappa shape index (κ1) is 20.2. The first-order valence-corrected chi connectivity index (χ1v) is 9.19. The molecule has 1 aromatic carbocycles. The number of aromatic nitrogens is 2. The van der Waals surface area contributed by atoms with E-state index in [0.717, 1.165) is 16.9 Å². The van der Waals surface area contributed by atoms with Crippen molar-refractivity contribution in [3.05, 3.63) is 47.8 Å². The number of halogens is 3. The van der Waals surface area contributed by atoms with Crippen LogP contribution >= 0.6 is 0 Å². The fraction of sp³-hybridized carbons (Fsp3) is 0.474. The monoisotopic (exact) mass is 395 g/mol. The maximum Gasteiger partial charge on any atom is 0.392 e. The zero-order valence-corrected chi connectivity index (χ0v) is 15.6. The van der Waals surface area contributed by atoms with Crippen molar-refractivity contribution in [2.45, 2.75) is 26.1 Å². The Bertz CT molecular complexity index is 820. The van der Waals surface area contributed by atoms with Crippen molar-refractivity contribution in [2.75, 3.05) is 19.6 Å². The Morgan fingerprint density at radius 3 is 2.71 bits per heavy atom. The maximum absolute atomic E-state index is 13.1. The van der Waals surface area contributed by atoms with Gasteiger partial charge in [0, 0.05) is 31.7 Å². The molecule has 1 aliphatic heterocycles. The minimum absolute atomic E-state index is 0.00646. The van der Waals surface area contributed by atoms with Crippen molar-refractivity contribution in [1.82, 2.24) is 20.0 Å². The van der Waals surface area contributed by atoms with E-state index in [4.69, 9.17) is 5.73 Å². The highest BCUT2D eigenvalue weighted by molar-refractivity contribution is 5.74. The average Bonchev–Trinajstić information content (AvgIpc) is 3.11. The number of rotatable bonds is 4. The Morgan fingerprint density at radius 2 is 2.07 bits per heavy atom. The smallest absolute Gasteiger partial charge is 0.334 e. The number of urea groups is 1. The van der Waals surface area contributed by atoms with Crippen LogP contribution in [-0.2, 0) is 6.54 Å². The van der Waals surface area contributed by atoms with Gasteiger partial charge in [-0.1, -0.05) is 18.2 Å². The van der Waals surface area contributed by atoms with Gasteiger partial charge in [0.2, 0.25) is 0 Å². The van der Waals surface area contributed by atoms with Crippen LogP contribution in [0.1, 0.15) is 17.7 Å². The minimum Gasteiger partial charge on any atom is -0.334 e. The molecular weight excluding hydrogens is 371 g/mol. The number of alkyl halides is 3. The van der Waals surface area contributed by atoms with Gasteiger partial charge >= 0.3 is 12.2 Å².